The van der Waals surface area contributed by atoms with Gasteiger partial charge in [-0.05, 0) is 69.7 Å². The summed E-state index contributed by atoms with van der Waals surface area (Å²) < 4.78 is 40.4. The van der Waals surface area contributed by atoms with Crippen molar-refractivity contribution in [1.29, 1.82) is 0 Å². The third kappa shape index (κ3) is 8.77. The molecule has 1 aromatic carbocycles. The number of carbonyl (C=O) groups is 5. The minimum atomic E-state index is -3.93. The van der Waals surface area contributed by atoms with Gasteiger partial charge in [-0.25, -0.2) is 18.0 Å². The molecule has 3 fully saturated rings. The van der Waals surface area contributed by atoms with Crippen molar-refractivity contribution in [2.45, 2.75) is 102 Å². The van der Waals surface area contributed by atoms with Crippen LogP contribution in [-0.4, -0.2) is 88.9 Å². The lowest BCUT2D eigenvalue weighted by molar-refractivity contribution is -0.143. The van der Waals surface area contributed by atoms with Crippen molar-refractivity contribution in [2.75, 3.05) is 11.9 Å². The van der Waals surface area contributed by atoms with Crippen LogP contribution in [0.15, 0.2) is 61.4 Å². The van der Waals surface area contributed by atoms with Gasteiger partial charge >= 0.3 is 12.2 Å². The highest BCUT2D eigenvalue weighted by Crippen LogP contribution is 2.45. The Balaban J connectivity index is 1.39. The van der Waals surface area contributed by atoms with Crippen molar-refractivity contribution in [1.82, 2.24) is 24.8 Å². The van der Waals surface area contributed by atoms with Crippen LogP contribution in [0.5, 0.6) is 0 Å². The summed E-state index contributed by atoms with van der Waals surface area (Å²) in [5.74, 6) is -2.85. The van der Waals surface area contributed by atoms with E-state index < -0.39 is 85.8 Å². The van der Waals surface area contributed by atoms with Gasteiger partial charge in [0.25, 0.3) is 5.91 Å². The molecule has 1 aliphatic heterocycles. The molecule has 282 valence electrons. The minimum absolute atomic E-state index is 0.100. The number of carbonyl (C=O) groups excluding carboxylic acids is 5. The van der Waals surface area contributed by atoms with Gasteiger partial charge in [0.15, 0.2) is 0 Å². The predicted molar refractivity (Wildman–Crippen MR) is 192 cm³/mol. The number of ether oxygens (including phenoxy) is 2. The van der Waals surface area contributed by atoms with E-state index in [1.54, 1.807) is 53.7 Å². The summed E-state index contributed by atoms with van der Waals surface area (Å²) in [4.78, 5) is 69.3. The Hall–Kier alpha value is -4.86. The molecule has 0 radical (unpaired) electrons. The van der Waals surface area contributed by atoms with E-state index in [1.165, 1.54) is 11.0 Å². The highest BCUT2D eigenvalue weighted by Gasteiger charge is 2.62. The average molecular weight is 741 g/mol. The molecule has 4 N–H and O–H groups in total. The van der Waals surface area contributed by atoms with Gasteiger partial charge in [0.1, 0.15) is 29.3 Å². The lowest BCUT2D eigenvalue weighted by Gasteiger charge is -2.36. The zero-order chi connectivity index (χ0) is 38.2. The van der Waals surface area contributed by atoms with Crippen LogP contribution in [-0.2, 0) is 33.9 Å². The van der Waals surface area contributed by atoms with Gasteiger partial charge in [0.05, 0.1) is 23.2 Å². The number of likely N-dealkylation sites (tertiary alicyclic amines) is 1. The zero-order valence-electron chi connectivity index (χ0n) is 30.3. The molecule has 5 amide bonds. The zero-order valence-corrected chi connectivity index (χ0v) is 31.1. The van der Waals surface area contributed by atoms with Crippen molar-refractivity contribution in [3.63, 3.8) is 0 Å². The summed E-state index contributed by atoms with van der Waals surface area (Å²) >= 11 is 0. The molecule has 0 bridgehead atoms. The lowest BCUT2D eigenvalue weighted by atomic mass is 9.85. The first-order chi connectivity index (χ1) is 24.2. The number of rotatable bonds is 11. The first-order valence-corrected chi connectivity index (χ1v) is 18.8. The van der Waals surface area contributed by atoms with E-state index >= 15 is 0 Å². The number of hydrogen-bond acceptors (Lipinski definition) is 9. The molecule has 2 unspecified atom stereocenters. The maximum atomic E-state index is 14.4. The Morgan fingerprint density at radius 3 is 2.21 bits per heavy atom. The topological polar surface area (TPSA) is 194 Å². The van der Waals surface area contributed by atoms with Gasteiger partial charge in [-0.15, -0.1) is 6.58 Å². The highest BCUT2D eigenvalue weighted by molar-refractivity contribution is 7.91. The molecule has 16 heteroatoms. The van der Waals surface area contributed by atoms with Gasteiger partial charge in [0.2, 0.25) is 21.8 Å². The van der Waals surface area contributed by atoms with Crippen molar-refractivity contribution < 1.29 is 41.9 Å². The molecule has 2 saturated carbocycles. The summed E-state index contributed by atoms with van der Waals surface area (Å²) in [6, 6.07) is 8.31. The van der Waals surface area contributed by atoms with Crippen LogP contribution in [0.2, 0.25) is 0 Å². The molecule has 52 heavy (non-hydrogen) atoms. The summed E-state index contributed by atoms with van der Waals surface area (Å²) in [5, 5.41) is 7.43. The number of hydrogen-bond donors (Lipinski definition) is 4. The largest absolute Gasteiger partial charge is 0.444 e. The smallest absolute Gasteiger partial charge is 0.412 e. The van der Waals surface area contributed by atoms with Crippen LogP contribution >= 0.6 is 0 Å². The Kier molecular flexibility index (Phi) is 10.5. The molecule has 1 aromatic heterocycles. The molecule has 3 aliphatic rings. The molecule has 15 nitrogen and oxygen atoms in total. The van der Waals surface area contributed by atoms with Gasteiger partial charge < -0.3 is 29.6 Å². The van der Waals surface area contributed by atoms with Crippen LogP contribution in [0.4, 0.5) is 15.3 Å². The molecular weight excluding hydrogens is 692 g/mol. The molecule has 5 atom stereocenters. The molecule has 0 spiro atoms. The van der Waals surface area contributed by atoms with Gasteiger partial charge in [-0.2, -0.15) is 0 Å². The van der Waals surface area contributed by atoms with Crippen LogP contribution < -0.4 is 20.7 Å². The number of aromatic nitrogens is 1. The van der Waals surface area contributed by atoms with Gasteiger partial charge in [0, 0.05) is 24.7 Å². The van der Waals surface area contributed by atoms with Crippen LogP contribution in [0.3, 0.4) is 0 Å². The molecule has 2 heterocycles. The van der Waals surface area contributed by atoms with Crippen LogP contribution in [0.1, 0.15) is 67.2 Å². The fourth-order valence-electron chi connectivity index (χ4n) is 6.22. The van der Waals surface area contributed by atoms with Crippen molar-refractivity contribution in [3.8, 4) is 5.69 Å². The summed E-state index contributed by atoms with van der Waals surface area (Å²) in [5.41, 5.74) is -2.19. The third-order valence-electron chi connectivity index (χ3n) is 9.17. The van der Waals surface area contributed by atoms with Gasteiger partial charge in [-0.1, -0.05) is 39.0 Å². The Morgan fingerprint density at radius 2 is 1.63 bits per heavy atom. The van der Waals surface area contributed by atoms with Crippen LogP contribution in [0, 0.1) is 11.3 Å². The molecule has 2 aliphatic carbocycles. The van der Waals surface area contributed by atoms with E-state index in [4.69, 9.17) is 9.47 Å². The monoisotopic (exact) mass is 740 g/mol. The van der Waals surface area contributed by atoms with E-state index in [0.29, 0.717) is 24.2 Å². The normalized spacial score (nSPS) is 23.5. The Morgan fingerprint density at radius 1 is 0.981 bits per heavy atom. The second kappa shape index (κ2) is 14.3. The fraction of sp³-hybridized carbons (Fsp3) is 0.528. The van der Waals surface area contributed by atoms with Crippen molar-refractivity contribution >= 4 is 45.6 Å². The highest BCUT2D eigenvalue weighted by atomic mass is 32.2. The first kappa shape index (κ1) is 38.4. The quantitative estimate of drug-likeness (QED) is 0.249. The number of anilines is 1. The summed E-state index contributed by atoms with van der Waals surface area (Å²) in [6.07, 6.45) is 3.28. The first-order valence-electron chi connectivity index (χ1n) is 17.2. The number of para-hydroxylation sites is 2. The molecule has 2 aromatic rings. The second-order valence-electron chi connectivity index (χ2n) is 15.6. The van der Waals surface area contributed by atoms with E-state index in [9.17, 15) is 32.4 Å². The third-order valence-corrected chi connectivity index (χ3v) is 11.0. The lowest BCUT2D eigenvalue weighted by Crippen LogP contribution is -2.60. The number of alkyl carbamates (subject to hydrolysis) is 1. The SMILES string of the molecule is C=CC1CC1(NC(=O)[C@@H]1C[C@@H](OC(=O)Nc2ccccc2-n2cccc2)CN1C(=O)[C@@H](NC(=O)OC(C)(C)C)C(C)(C)C)C(=O)NS(=O)(=O)C1CC1. The fourth-order valence-corrected chi connectivity index (χ4v) is 7.59. The van der Waals surface area contributed by atoms with E-state index in [-0.39, 0.29) is 19.4 Å². The van der Waals surface area contributed by atoms with Crippen molar-refractivity contribution in [2.24, 2.45) is 11.3 Å². The number of benzene rings is 1. The maximum Gasteiger partial charge on any atom is 0.412 e. The van der Waals surface area contributed by atoms with E-state index in [0.717, 1.165) is 0 Å². The maximum absolute atomic E-state index is 14.4. The second-order valence-corrected chi connectivity index (χ2v) is 17.6. The molecule has 5 rings (SSSR count). The van der Waals surface area contributed by atoms with Crippen LogP contribution in [0.25, 0.3) is 5.69 Å². The van der Waals surface area contributed by atoms with Gasteiger partial charge in [-0.3, -0.25) is 24.4 Å². The number of sulfonamides is 1. The standard InChI is InChI=1S/C36H48N6O9S/c1-8-22-20-36(22,31(45)40-52(48,49)24-15-16-24)39-29(43)27-19-23(50-32(46)37-25-13-9-10-14-26(25)41-17-11-12-18-41)21-42(27)30(44)28(34(2,3)4)38-33(47)51-35(5,6)7/h8-14,17-18,22-24,27-28H,1,15-16,19-21H2,2-7H3,(H,37,46)(H,38,47)(H,39,43)(H,40,45)/t22?,23-,27+,28-,36?/m1/s1. The molecular formula is C36H48N6O9S. The van der Waals surface area contributed by atoms with Crippen molar-refractivity contribution in [3.05, 3.63) is 61.4 Å². The minimum Gasteiger partial charge on any atom is -0.444 e. The molecule has 1 saturated heterocycles. The number of nitrogens with zero attached hydrogens (tertiary/aromatic N) is 2. The Bertz CT molecular complexity index is 1830. The van der Waals surface area contributed by atoms with E-state index in [1.807, 2.05) is 41.2 Å². The predicted octanol–water partition coefficient (Wildman–Crippen LogP) is 3.60. The number of amides is 5. The summed E-state index contributed by atoms with van der Waals surface area (Å²) in [7, 11) is -3.93. The average Bonchev–Trinajstić information content (AvgIpc) is 3.91. The van der Waals surface area contributed by atoms with E-state index in [2.05, 4.69) is 27.3 Å². The Labute approximate surface area is 303 Å². The number of nitrogens with one attached hydrogen (secondary N) is 4. The summed E-state index contributed by atoms with van der Waals surface area (Å²) in [6.45, 7) is 13.8.